The van der Waals surface area contributed by atoms with Crippen LogP contribution in [0.3, 0.4) is 0 Å². The first-order valence-electron chi connectivity index (χ1n) is 11.6. The van der Waals surface area contributed by atoms with E-state index in [1.807, 2.05) is 30.3 Å². The second-order valence-corrected chi connectivity index (χ2v) is 8.65. The molecule has 36 heavy (non-hydrogen) atoms. The zero-order valence-electron chi connectivity index (χ0n) is 19.7. The van der Waals surface area contributed by atoms with Crippen molar-refractivity contribution in [1.82, 2.24) is 10.2 Å². The Kier molecular flexibility index (Phi) is 6.20. The molecule has 0 radical (unpaired) electrons. The Bertz CT molecular complexity index is 1290. The van der Waals surface area contributed by atoms with E-state index in [4.69, 9.17) is 14.2 Å². The summed E-state index contributed by atoms with van der Waals surface area (Å²) in [5.74, 6) is 1.39. The number of rotatable bonds is 6. The first kappa shape index (κ1) is 23.2. The van der Waals surface area contributed by atoms with Gasteiger partial charge in [-0.15, -0.1) is 0 Å². The highest BCUT2D eigenvalue weighted by atomic mass is 16.5. The van der Waals surface area contributed by atoms with Crippen molar-refractivity contribution in [3.05, 3.63) is 78.4 Å². The third-order valence-corrected chi connectivity index (χ3v) is 6.02. The van der Waals surface area contributed by atoms with E-state index in [9.17, 15) is 14.4 Å². The van der Waals surface area contributed by atoms with Crippen LogP contribution in [0.1, 0.15) is 18.9 Å². The lowest BCUT2D eigenvalue weighted by Crippen LogP contribution is -2.42. The number of anilines is 1. The molecule has 1 saturated heterocycles. The van der Waals surface area contributed by atoms with E-state index in [2.05, 4.69) is 10.6 Å². The van der Waals surface area contributed by atoms with Gasteiger partial charge in [-0.2, -0.15) is 0 Å². The Morgan fingerprint density at radius 3 is 2.42 bits per heavy atom. The van der Waals surface area contributed by atoms with Crippen LogP contribution >= 0.6 is 0 Å². The molecule has 0 spiro atoms. The van der Waals surface area contributed by atoms with Crippen molar-refractivity contribution < 1.29 is 28.6 Å². The fourth-order valence-corrected chi connectivity index (χ4v) is 4.09. The number of hydrogen-bond acceptors (Lipinski definition) is 6. The molecule has 0 saturated carbocycles. The van der Waals surface area contributed by atoms with Gasteiger partial charge < -0.3 is 24.8 Å². The van der Waals surface area contributed by atoms with Gasteiger partial charge in [0.25, 0.3) is 5.91 Å². The first-order chi connectivity index (χ1) is 17.4. The average molecular weight is 488 g/mol. The summed E-state index contributed by atoms with van der Waals surface area (Å²) in [5, 5.41) is 5.42. The Labute approximate surface area is 208 Å². The number of fused-ring (bicyclic) bond motifs is 1. The summed E-state index contributed by atoms with van der Waals surface area (Å²) in [6.07, 6.45) is 0.753. The van der Waals surface area contributed by atoms with Crippen LogP contribution in [0.15, 0.2) is 72.8 Å². The molecule has 1 atom stereocenters. The number of urea groups is 1. The number of carbonyl (C=O) groups is 3. The zero-order valence-corrected chi connectivity index (χ0v) is 19.7. The number of hydrogen-bond donors (Lipinski definition) is 2. The number of nitrogens with one attached hydrogen (secondary N) is 2. The molecule has 4 amide bonds. The van der Waals surface area contributed by atoms with Gasteiger partial charge in [-0.05, 0) is 61.0 Å². The maximum absolute atomic E-state index is 13.3. The van der Waals surface area contributed by atoms with E-state index >= 15 is 0 Å². The summed E-state index contributed by atoms with van der Waals surface area (Å²) in [6, 6.07) is 20.6. The predicted octanol–water partition coefficient (Wildman–Crippen LogP) is 4.05. The van der Waals surface area contributed by atoms with E-state index in [-0.39, 0.29) is 0 Å². The van der Waals surface area contributed by atoms with Crippen LogP contribution in [-0.4, -0.2) is 42.5 Å². The maximum atomic E-state index is 13.3. The summed E-state index contributed by atoms with van der Waals surface area (Å²) < 4.78 is 17.1. The van der Waals surface area contributed by atoms with Crippen LogP contribution in [0.4, 0.5) is 10.5 Å². The molecule has 1 unspecified atom stereocenters. The number of imide groups is 1. The van der Waals surface area contributed by atoms with Crippen LogP contribution in [0.25, 0.3) is 0 Å². The lowest BCUT2D eigenvalue weighted by molar-refractivity contribution is -0.133. The minimum absolute atomic E-state index is 0.424. The molecule has 2 heterocycles. The van der Waals surface area contributed by atoms with Gasteiger partial charge in [0, 0.05) is 12.1 Å². The molecule has 184 valence electrons. The van der Waals surface area contributed by atoms with Crippen LogP contribution < -0.4 is 24.8 Å². The Hall–Kier alpha value is -4.53. The minimum atomic E-state index is -1.33. The van der Waals surface area contributed by atoms with Crippen molar-refractivity contribution in [3.8, 4) is 23.0 Å². The van der Waals surface area contributed by atoms with Crippen molar-refractivity contribution in [1.29, 1.82) is 0 Å². The SMILES string of the molecule is CC1(c2ccc3c(c2)OCCCO3)NC(=O)N(CC(=O)Nc2ccc(Oc3ccccc3)cc2)C1=O. The molecule has 2 aliphatic rings. The van der Waals surface area contributed by atoms with Crippen LogP contribution in [0, 0.1) is 0 Å². The molecule has 1 fully saturated rings. The predicted molar refractivity (Wildman–Crippen MR) is 131 cm³/mol. The van der Waals surface area contributed by atoms with Crippen LogP contribution in [0.2, 0.25) is 0 Å². The number of ether oxygens (including phenoxy) is 3. The highest BCUT2D eigenvalue weighted by Gasteiger charge is 2.49. The second kappa shape index (κ2) is 9.61. The lowest BCUT2D eigenvalue weighted by Gasteiger charge is -2.23. The molecule has 0 bridgehead atoms. The Morgan fingerprint density at radius 2 is 1.67 bits per heavy atom. The Morgan fingerprint density at radius 1 is 0.972 bits per heavy atom. The number of carbonyl (C=O) groups excluding carboxylic acids is 3. The van der Waals surface area contributed by atoms with E-state index in [0.29, 0.717) is 47.5 Å². The average Bonchev–Trinajstić information content (AvgIpc) is 3.03. The third-order valence-electron chi connectivity index (χ3n) is 6.02. The van der Waals surface area contributed by atoms with Gasteiger partial charge in [-0.3, -0.25) is 14.5 Å². The molecule has 9 nitrogen and oxygen atoms in total. The number of amides is 4. The van der Waals surface area contributed by atoms with E-state index < -0.39 is 29.9 Å². The zero-order chi connectivity index (χ0) is 25.1. The van der Waals surface area contributed by atoms with Gasteiger partial charge in [0.15, 0.2) is 11.5 Å². The van der Waals surface area contributed by atoms with Gasteiger partial charge in [0.05, 0.1) is 13.2 Å². The van der Waals surface area contributed by atoms with Crippen molar-refractivity contribution in [2.45, 2.75) is 18.9 Å². The molecule has 0 aromatic heterocycles. The topological polar surface area (TPSA) is 106 Å². The number of benzene rings is 3. The van der Waals surface area contributed by atoms with Crippen molar-refractivity contribution in [3.63, 3.8) is 0 Å². The van der Waals surface area contributed by atoms with Crippen LogP contribution in [-0.2, 0) is 15.1 Å². The lowest BCUT2D eigenvalue weighted by atomic mass is 9.91. The molecule has 5 rings (SSSR count). The molecule has 2 aliphatic heterocycles. The molecule has 3 aromatic carbocycles. The van der Waals surface area contributed by atoms with Gasteiger partial charge in [0.2, 0.25) is 5.91 Å². The van der Waals surface area contributed by atoms with Gasteiger partial charge >= 0.3 is 6.03 Å². The highest BCUT2D eigenvalue weighted by Crippen LogP contribution is 2.36. The monoisotopic (exact) mass is 487 g/mol. The first-order valence-corrected chi connectivity index (χ1v) is 11.6. The minimum Gasteiger partial charge on any atom is -0.490 e. The van der Waals surface area contributed by atoms with Crippen molar-refractivity contribution >= 4 is 23.5 Å². The maximum Gasteiger partial charge on any atom is 0.325 e. The van der Waals surface area contributed by atoms with E-state index in [0.717, 1.165) is 11.3 Å². The van der Waals surface area contributed by atoms with Gasteiger partial charge in [0.1, 0.15) is 23.6 Å². The fraction of sp³-hybridized carbons (Fsp3) is 0.222. The van der Waals surface area contributed by atoms with Crippen molar-refractivity contribution in [2.75, 3.05) is 25.1 Å². The molecule has 3 aromatic rings. The molecular formula is C27H25N3O6. The standard InChI is InChI=1S/C27H25N3O6/c1-27(18-8-13-22-23(16-18)35-15-5-14-34-22)25(32)30(26(33)29-27)17-24(31)28-19-9-11-21(12-10-19)36-20-6-3-2-4-7-20/h2-4,6-13,16H,5,14-15,17H2,1H3,(H,28,31)(H,29,33). The van der Waals surface area contributed by atoms with Gasteiger partial charge in [-0.25, -0.2) is 4.79 Å². The quantitative estimate of drug-likeness (QED) is 0.508. The van der Waals surface area contributed by atoms with E-state index in [1.54, 1.807) is 49.4 Å². The van der Waals surface area contributed by atoms with Crippen LogP contribution in [0.5, 0.6) is 23.0 Å². The third kappa shape index (κ3) is 4.68. The summed E-state index contributed by atoms with van der Waals surface area (Å²) in [4.78, 5) is 39.5. The largest absolute Gasteiger partial charge is 0.490 e. The Balaban J connectivity index is 1.24. The summed E-state index contributed by atoms with van der Waals surface area (Å²) >= 11 is 0. The number of nitrogens with zero attached hydrogens (tertiary/aromatic N) is 1. The molecular weight excluding hydrogens is 462 g/mol. The normalized spacial score (nSPS) is 18.9. The summed E-state index contributed by atoms with van der Waals surface area (Å²) in [7, 11) is 0. The van der Waals surface area contributed by atoms with Crippen molar-refractivity contribution in [2.24, 2.45) is 0 Å². The molecule has 9 heteroatoms. The smallest absolute Gasteiger partial charge is 0.325 e. The fourth-order valence-electron chi connectivity index (χ4n) is 4.09. The summed E-state index contributed by atoms with van der Waals surface area (Å²) in [5.41, 5.74) is -0.279. The highest BCUT2D eigenvalue weighted by molar-refractivity contribution is 6.10. The second-order valence-electron chi connectivity index (χ2n) is 8.65. The number of para-hydroxylation sites is 1. The molecule has 0 aliphatic carbocycles. The van der Waals surface area contributed by atoms with E-state index in [1.165, 1.54) is 0 Å². The summed E-state index contributed by atoms with van der Waals surface area (Å²) in [6.45, 7) is 2.23. The van der Waals surface area contributed by atoms with Gasteiger partial charge in [-0.1, -0.05) is 24.3 Å². The molecule has 2 N–H and O–H groups in total.